The molecule has 2 unspecified atom stereocenters. The molecule has 0 heterocycles. The Bertz CT molecular complexity index is 450. The molecule has 0 fully saturated rings. The Kier molecular flexibility index (Phi) is 21.3. The van der Waals surface area contributed by atoms with Gasteiger partial charge >= 0.3 is 5.97 Å². The van der Waals surface area contributed by atoms with Crippen LogP contribution in [0.5, 0.6) is 0 Å². The van der Waals surface area contributed by atoms with Gasteiger partial charge in [-0.2, -0.15) is 0 Å². The molecule has 4 nitrogen and oxygen atoms in total. The summed E-state index contributed by atoms with van der Waals surface area (Å²) in [7, 11) is 2.14. The van der Waals surface area contributed by atoms with Crippen LogP contribution in [-0.2, 0) is 14.3 Å². The van der Waals surface area contributed by atoms with Crippen LogP contribution in [0.4, 0.5) is 0 Å². The monoisotopic (exact) mass is 437 g/mol. The van der Waals surface area contributed by atoms with Gasteiger partial charge in [0.1, 0.15) is 0 Å². The molecule has 31 heavy (non-hydrogen) atoms. The summed E-state index contributed by atoms with van der Waals surface area (Å²) in [5.41, 5.74) is 0. The number of esters is 1. The van der Waals surface area contributed by atoms with Gasteiger partial charge < -0.3 is 14.4 Å². The number of ether oxygens (including phenoxy) is 2. The molecule has 0 aliphatic carbocycles. The number of unbranched alkanes of at least 4 members (excludes halogenated alkanes) is 5. The van der Waals surface area contributed by atoms with Crippen LogP contribution in [0.15, 0.2) is 24.8 Å². The minimum Gasteiger partial charge on any atom is -0.465 e. The highest BCUT2D eigenvalue weighted by Gasteiger charge is 2.14. The Hall–Kier alpha value is -1.13. The van der Waals surface area contributed by atoms with Crippen LogP contribution in [0, 0.1) is 11.8 Å². The van der Waals surface area contributed by atoms with E-state index in [0.717, 1.165) is 71.2 Å². The molecule has 0 radical (unpaired) electrons. The second kappa shape index (κ2) is 22.1. The van der Waals surface area contributed by atoms with Crippen molar-refractivity contribution in [2.75, 3.05) is 40.0 Å². The van der Waals surface area contributed by atoms with Gasteiger partial charge in [0.05, 0.1) is 6.61 Å². The molecule has 2 atom stereocenters. The van der Waals surface area contributed by atoms with Gasteiger partial charge in [-0.3, -0.25) is 4.79 Å². The molecular weight excluding hydrogens is 386 g/mol. The SMILES string of the molecule is C=CC/C=C\CCCCCCCC(=O)OCC(CC)CC(C)COCCCN(C)CC. The zero-order chi connectivity index (χ0) is 23.2. The molecule has 0 aliphatic rings. The summed E-state index contributed by atoms with van der Waals surface area (Å²) < 4.78 is 11.4. The number of nitrogens with zero attached hydrogens (tertiary/aromatic N) is 1. The first-order chi connectivity index (χ1) is 15.0. The summed E-state index contributed by atoms with van der Waals surface area (Å²) in [6.45, 7) is 14.6. The molecule has 0 saturated carbocycles. The zero-order valence-electron chi connectivity index (χ0n) is 21.1. The van der Waals surface area contributed by atoms with Crippen molar-refractivity contribution < 1.29 is 14.3 Å². The van der Waals surface area contributed by atoms with Crippen molar-refractivity contribution in [3.05, 3.63) is 24.8 Å². The van der Waals surface area contributed by atoms with Crippen molar-refractivity contribution in [1.82, 2.24) is 4.90 Å². The van der Waals surface area contributed by atoms with Crippen LogP contribution >= 0.6 is 0 Å². The van der Waals surface area contributed by atoms with Crippen molar-refractivity contribution in [3.8, 4) is 0 Å². The Labute approximate surface area is 193 Å². The molecule has 0 rings (SSSR count). The Balaban J connectivity index is 3.69. The molecule has 0 amide bonds. The Morgan fingerprint density at radius 2 is 1.77 bits per heavy atom. The van der Waals surface area contributed by atoms with E-state index in [1.165, 1.54) is 19.3 Å². The lowest BCUT2D eigenvalue weighted by Crippen LogP contribution is -2.21. The van der Waals surface area contributed by atoms with E-state index < -0.39 is 0 Å². The van der Waals surface area contributed by atoms with Crippen LogP contribution in [0.2, 0.25) is 0 Å². The molecule has 4 heteroatoms. The summed E-state index contributed by atoms with van der Waals surface area (Å²) in [5, 5.41) is 0. The first-order valence-corrected chi connectivity index (χ1v) is 12.7. The van der Waals surface area contributed by atoms with Crippen molar-refractivity contribution in [2.24, 2.45) is 11.8 Å². The molecule has 0 aliphatic heterocycles. The number of hydrogen-bond acceptors (Lipinski definition) is 4. The summed E-state index contributed by atoms with van der Waals surface area (Å²) in [4.78, 5) is 14.3. The summed E-state index contributed by atoms with van der Waals surface area (Å²) in [6.07, 6.45) is 17.9. The van der Waals surface area contributed by atoms with Gasteiger partial charge in [-0.05, 0) is 64.0 Å². The third-order valence-electron chi connectivity index (χ3n) is 5.78. The van der Waals surface area contributed by atoms with Crippen LogP contribution in [0.3, 0.4) is 0 Å². The summed E-state index contributed by atoms with van der Waals surface area (Å²) in [6, 6.07) is 0. The average Bonchev–Trinajstić information content (AvgIpc) is 2.77. The van der Waals surface area contributed by atoms with Gasteiger partial charge in [0.15, 0.2) is 0 Å². The smallest absolute Gasteiger partial charge is 0.305 e. The molecule has 0 aromatic rings. The fourth-order valence-electron chi connectivity index (χ4n) is 3.52. The van der Waals surface area contributed by atoms with Crippen molar-refractivity contribution in [2.45, 2.75) is 91.4 Å². The van der Waals surface area contributed by atoms with Crippen molar-refractivity contribution >= 4 is 5.97 Å². The maximum Gasteiger partial charge on any atom is 0.305 e. The standard InChI is InChI=1S/C27H51NO3/c1-6-9-10-11-12-13-14-15-16-17-19-27(29)31-24-26(7-2)22-25(4)23-30-21-18-20-28(5)8-3/h6,10-11,25-26H,1,7-9,12-24H2,2-5H3/b11-10-. The van der Waals surface area contributed by atoms with E-state index >= 15 is 0 Å². The molecule has 0 saturated heterocycles. The topological polar surface area (TPSA) is 38.8 Å². The van der Waals surface area contributed by atoms with E-state index in [0.29, 0.717) is 24.9 Å². The highest BCUT2D eigenvalue weighted by molar-refractivity contribution is 5.69. The second-order valence-corrected chi connectivity index (χ2v) is 8.92. The first kappa shape index (κ1) is 29.9. The Morgan fingerprint density at radius 1 is 1.03 bits per heavy atom. The van der Waals surface area contributed by atoms with Gasteiger partial charge in [-0.1, -0.05) is 64.7 Å². The van der Waals surface area contributed by atoms with E-state index in [1.807, 2.05) is 6.08 Å². The van der Waals surface area contributed by atoms with Crippen molar-refractivity contribution in [3.63, 3.8) is 0 Å². The summed E-state index contributed by atoms with van der Waals surface area (Å²) >= 11 is 0. The van der Waals surface area contributed by atoms with E-state index in [-0.39, 0.29) is 5.97 Å². The number of allylic oxidation sites excluding steroid dienone is 3. The predicted octanol–water partition coefficient (Wildman–Crippen LogP) is 6.80. The highest BCUT2D eigenvalue weighted by Crippen LogP contribution is 2.17. The van der Waals surface area contributed by atoms with E-state index in [2.05, 4.69) is 51.4 Å². The molecule has 0 aromatic heterocycles. The lowest BCUT2D eigenvalue weighted by Gasteiger charge is -2.20. The van der Waals surface area contributed by atoms with Crippen LogP contribution in [0.1, 0.15) is 91.4 Å². The first-order valence-electron chi connectivity index (χ1n) is 12.7. The zero-order valence-corrected chi connectivity index (χ0v) is 21.1. The molecule has 0 N–H and O–H groups in total. The van der Waals surface area contributed by atoms with Gasteiger partial charge in [-0.25, -0.2) is 0 Å². The number of rotatable bonds is 22. The lowest BCUT2D eigenvalue weighted by molar-refractivity contribution is -0.145. The quantitative estimate of drug-likeness (QED) is 0.106. The van der Waals surface area contributed by atoms with E-state index in [1.54, 1.807) is 0 Å². The number of carbonyl (C=O) groups excluding carboxylic acids is 1. The largest absolute Gasteiger partial charge is 0.465 e. The van der Waals surface area contributed by atoms with Gasteiger partial charge in [0.2, 0.25) is 0 Å². The average molecular weight is 438 g/mol. The molecule has 0 bridgehead atoms. The molecule has 0 spiro atoms. The predicted molar refractivity (Wildman–Crippen MR) is 133 cm³/mol. The lowest BCUT2D eigenvalue weighted by atomic mass is 9.95. The summed E-state index contributed by atoms with van der Waals surface area (Å²) in [5.74, 6) is 0.900. The van der Waals surface area contributed by atoms with Crippen LogP contribution in [0.25, 0.3) is 0 Å². The fourth-order valence-corrected chi connectivity index (χ4v) is 3.52. The van der Waals surface area contributed by atoms with Gasteiger partial charge in [-0.15, -0.1) is 6.58 Å². The van der Waals surface area contributed by atoms with E-state index in [9.17, 15) is 4.79 Å². The minimum absolute atomic E-state index is 0.0326. The number of carbonyl (C=O) groups is 1. The molecular formula is C27H51NO3. The molecule has 0 aromatic carbocycles. The van der Waals surface area contributed by atoms with Gasteiger partial charge in [0, 0.05) is 26.2 Å². The maximum atomic E-state index is 12.0. The van der Waals surface area contributed by atoms with E-state index in [4.69, 9.17) is 9.47 Å². The van der Waals surface area contributed by atoms with Crippen LogP contribution < -0.4 is 0 Å². The normalized spacial score (nSPS) is 13.6. The van der Waals surface area contributed by atoms with Crippen LogP contribution in [-0.4, -0.2) is 50.8 Å². The maximum absolute atomic E-state index is 12.0. The fraction of sp³-hybridized carbons (Fsp3) is 0.815. The van der Waals surface area contributed by atoms with Gasteiger partial charge in [0.25, 0.3) is 0 Å². The molecule has 182 valence electrons. The third-order valence-corrected chi connectivity index (χ3v) is 5.78. The highest BCUT2D eigenvalue weighted by atomic mass is 16.5. The number of hydrogen-bond donors (Lipinski definition) is 0. The van der Waals surface area contributed by atoms with Crippen molar-refractivity contribution in [1.29, 1.82) is 0 Å². The third kappa shape index (κ3) is 20.5. The minimum atomic E-state index is -0.0326. The second-order valence-electron chi connectivity index (χ2n) is 8.92. The Morgan fingerprint density at radius 3 is 2.48 bits per heavy atom.